The maximum Gasteiger partial charge on any atom is 0.141 e. The van der Waals surface area contributed by atoms with Gasteiger partial charge in [-0.2, -0.15) is 0 Å². The van der Waals surface area contributed by atoms with Gasteiger partial charge >= 0.3 is 0 Å². The van der Waals surface area contributed by atoms with Gasteiger partial charge in [-0.05, 0) is 64.3 Å². The molecule has 2 aromatic rings. The molecule has 2 N–H and O–H groups in total. The van der Waals surface area contributed by atoms with Crippen LogP contribution in [0.5, 0.6) is 11.5 Å². The Labute approximate surface area is 116 Å². The third kappa shape index (κ3) is 3.26. The SMILES string of the molecule is CCCc1ccc(Oc2ccc(N)cc2)c(Br)c1. The second-order valence-corrected chi connectivity index (χ2v) is 5.04. The van der Waals surface area contributed by atoms with Crippen LogP contribution >= 0.6 is 15.9 Å². The van der Waals surface area contributed by atoms with Crippen LogP contribution in [-0.4, -0.2) is 0 Å². The maximum atomic E-state index is 5.79. The zero-order chi connectivity index (χ0) is 13.0. The predicted molar refractivity (Wildman–Crippen MR) is 79.1 cm³/mol. The summed E-state index contributed by atoms with van der Waals surface area (Å²) in [5, 5.41) is 0. The van der Waals surface area contributed by atoms with Crippen LogP contribution in [0.4, 0.5) is 5.69 Å². The zero-order valence-electron chi connectivity index (χ0n) is 10.3. The van der Waals surface area contributed by atoms with E-state index >= 15 is 0 Å². The highest BCUT2D eigenvalue weighted by atomic mass is 79.9. The summed E-state index contributed by atoms with van der Waals surface area (Å²) in [6, 6.07) is 13.6. The minimum atomic E-state index is 0.736. The van der Waals surface area contributed by atoms with Crippen molar-refractivity contribution < 1.29 is 4.74 Å². The van der Waals surface area contributed by atoms with Gasteiger partial charge in [0.15, 0.2) is 0 Å². The Hall–Kier alpha value is -1.48. The van der Waals surface area contributed by atoms with Crippen LogP contribution in [0.25, 0.3) is 0 Å². The number of nitrogen functional groups attached to an aromatic ring is 1. The highest BCUT2D eigenvalue weighted by Gasteiger charge is 2.04. The first kappa shape index (κ1) is 13.0. The first-order chi connectivity index (χ1) is 8.69. The third-order valence-electron chi connectivity index (χ3n) is 2.64. The van der Waals surface area contributed by atoms with Gasteiger partial charge in [-0.15, -0.1) is 0 Å². The molecule has 0 saturated heterocycles. The summed E-state index contributed by atoms with van der Waals surface area (Å²) in [6.07, 6.45) is 2.23. The molecule has 0 bridgehead atoms. The van der Waals surface area contributed by atoms with E-state index < -0.39 is 0 Å². The fourth-order valence-corrected chi connectivity index (χ4v) is 2.24. The van der Waals surface area contributed by atoms with Crippen molar-refractivity contribution in [2.24, 2.45) is 0 Å². The Morgan fingerprint density at radius 3 is 2.44 bits per heavy atom. The number of hydrogen-bond acceptors (Lipinski definition) is 2. The van der Waals surface area contributed by atoms with Crippen molar-refractivity contribution in [1.29, 1.82) is 0 Å². The summed E-state index contributed by atoms with van der Waals surface area (Å²) in [4.78, 5) is 0. The second kappa shape index (κ2) is 5.91. The largest absolute Gasteiger partial charge is 0.456 e. The Morgan fingerprint density at radius 2 is 1.83 bits per heavy atom. The van der Waals surface area contributed by atoms with E-state index in [0.29, 0.717) is 0 Å². The quantitative estimate of drug-likeness (QED) is 0.825. The zero-order valence-corrected chi connectivity index (χ0v) is 11.9. The van der Waals surface area contributed by atoms with Crippen molar-refractivity contribution in [1.82, 2.24) is 0 Å². The van der Waals surface area contributed by atoms with E-state index in [1.165, 1.54) is 5.56 Å². The van der Waals surface area contributed by atoms with Crippen molar-refractivity contribution in [2.75, 3.05) is 5.73 Å². The van der Waals surface area contributed by atoms with Gasteiger partial charge in [-0.25, -0.2) is 0 Å². The topological polar surface area (TPSA) is 35.2 Å². The molecule has 0 aliphatic heterocycles. The molecule has 2 aromatic carbocycles. The fourth-order valence-electron chi connectivity index (χ4n) is 1.73. The number of halogens is 1. The van der Waals surface area contributed by atoms with Crippen molar-refractivity contribution in [3.8, 4) is 11.5 Å². The van der Waals surface area contributed by atoms with E-state index in [2.05, 4.69) is 35.0 Å². The van der Waals surface area contributed by atoms with E-state index in [4.69, 9.17) is 10.5 Å². The highest BCUT2D eigenvalue weighted by Crippen LogP contribution is 2.31. The average Bonchev–Trinajstić information content (AvgIpc) is 2.36. The lowest BCUT2D eigenvalue weighted by atomic mass is 10.1. The van der Waals surface area contributed by atoms with Gasteiger partial charge in [0, 0.05) is 5.69 Å². The summed E-state index contributed by atoms with van der Waals surface area (Å²) in [5.74, 6) is 1.60. The van der Waals surface area contributed by atoms with Crippen molar-refractivity contribution in [3.63, 3.8) is 0 Å². The summed E-state index contributed by atoms with van der Waals surface area (Å²) in [7, 11) is 0. The molecule has 0 saturated carbocycles. The van der Waals surface area contributed by atoms with Gasteiger partial charge < -0.3 is 10.5 Å². The Balaban J connectivity index is 2.16. The average molecular weight is 306 g/mol. The fraction of sp³-hybridized carbons (Fsp3) is 0.200. The lowest BCUT2D eigenvalue weighted by molar-refractivity contribution is 0.479. The molecule has 0 fully saturated rings. The number of rotatable bonds is 4. The molecule has 18 heavy (non-hydrogen) atoms. The number of hydrogen-bond donors (Lipinski definition) is 1. The molecule has 94 valence electrons. The lowest BCUT2D eigenvalue weighted by Gasteiger charge is -2.09. The standard InChI is InChI=1S/C15H16BrNO/c1-2-3-11-4-9-15(14(16)10-11)18-13-7-5-12(17)6-8-13/h4-10H,2-3,17H2,1H3. The molecular formula is C15H16BrNO. The molecular weight excluding hydrogens is 290 g/mol. The van der Waals surface area contributed by atoms with Gasteiger partial charge in [0.05, 0.1) is 4.47 Å². The van der Waals surface area contributed by atoms with E-state index in [-0.39, 0.29) is 0 Å². The Bertz CT molecular complexity index is 523. The summed E-state index contributed by atoms with van der Waals surface area (Å²) in [5.41, 5.74) is 7.69. The monoisotopic (exact) mass is 305 g/mol. The van der Waals surface area contributed by atoms with Crippen molar-refractivity contribution in [2.45, 2.75) is 19.8 Å². The maximum absolute atomic E-state index is 5.79. The Kier molecular flexibility index (Phi) is 4.26. The van der Waals surface area contributed by atoms with Crippen LogP contribution in [0, 0.1) is 0 Å². The minimum Gasteiger partial charge on any atom is -0.456 e. The normalized spacial score (nSPS) is 10.3. The van der Waals surface area contributed by atoms with Gasteiger partial charge in [0.2, 0.25) is 0 Å². The van der Waals surface area contributed by atoms with E-state index in [9.17, 15) is 0 Å². The molecule has 0 amide bonds. The van der Waals surface area contributed by atoms with Crippen LogP contribution < -0.4 is 10.5 Å². The summed E-state index contributed by atoms with van der Waals surface area (Å²) >= 11 is 3.54. The number of aryl methyl sites for hydroxylation is 1. The van der Waals surface area contributed by atoms with Crippen LogP contribution in [0.15, 0.2) is 46.9 Å². The molecule has 0 unspecified atom stereocenters. The first-order valence-electron chi connectivity index (χ1n) is 6.01. The van der Waals surface area contributed by atoms with E-state index in [1.807, 2.05) is 30.3 Å². The van der Waals surface area contributed by atoms with Gasteiger partial charge in [-0.3, -0.25) is 0 Å². The molecule has 2 rings (SSSR count). The molecule has 0 spiro atoms. The molecule has 2 nitrogen and oxygen atoms in total. The number of anilines is 1. The molecule has 0 aromatic heterocycles. The molecule has 0 atom stereocenters. The number of ether oxygens (including phenoxy) is 1. The highest BCUT2D eigenvalue weighted by molar-refractivity contribution is 9.10. The van der Waals surface area contributed by atoms with E-state index in [1.54, 1.807) is 0 Å². The van der Waals surface area contributed by atoms with Gasteiger partial charge in [-0.1, -0.05) is 19.4 Å². The van der Waals surface area contributed by atoms with Gasteiger partial charge in [0.25, 0.3) is 0 Å². The molecule has 0 heterocycles. The van der Waals surface area contributed by atoms with E-state index in [0.717, 1.165) is 34.5 Å². The second-order valence-electron chi connectivity index (χ2n) is 4.19. The van der Waals surface area contributed by atoms with Gasteiger partial charge in [0.1, 0.15) is 11.5 Å². The predicted octanol–water partition coefficient (Wildman–Crippen LogP) is 4.78. The van der Waals surface area contributed by atoms with Crippen molar-refractivity contribution in [3.05, 3.63) is 52.5 Å². The third-order valence-corrected chi connectivity index (χ3v) is 3.26. The number of benzene rings is 2. The lowest BCUT2D eigenvalue weighted by Crippen LogP contribution is -1.89. The molecule has 3 heteroatoms. The van der Waals surface area contributed by atoms with Crippen LogP contribution in [-0.2, 0) is 6.42 Å². The Morgan fingerprint density at radius 1 is 1.11 bits per heavy atom. The molecule has 0 aliphatic rings. The first-order valence-corrected chi connectivity index (χ1v) is 6.80. The summed E-state index contributed by atoms with van der Waals surface area (Å²) < 4.78 is 6.77. The minimum absolute atomic E-state index is 0.736. The number of nitrogens with two attached hydrogens (primary N) is 1. The van der Waals surface area contributed by atoms with Crippen LogP contribution in [0.1, 0.15) is 18.9 Å². The van der Waals surface area contributed by atoms with Crippen molar-refractivity contribution >= 4 is 21.6 Å². The van der Waals surface area contributed by atoms with Crippen LogP contribution in [0.2, 0.25) is 0 Å². The molecule has 0 aliphatic carbocycles. The summed E-state index contributed by atoms with van der Waals surface area (Å²) in [6.45, 7) is 2.17. The molecule has 0 radical (unpaired) electrons. The smallest absolute Gasteiger partial charge is 0.141 e. The van der Waals surface area contributed by atoms with Crippen LogP contribution in [0.3, 0.4) is 0 Å².